The Kier molecular flexibility index (Phi) is 3.95. The molecule has 2 aromatic carbocycles. The molecule has 1 heterocycles. The summed E-state index contributed by atoms with van der Waals surface area (Å²) in [7, 11) is 0. The first kappa shape index (κ1) is 14.8. The van der Waals surface area contributed by atoms with Crippen LogP contribution in [-0.4, -0.2) is 9.55 Å². The first-order chi connectivity index (χ1) is 9.97. The van der Waals surface area contributed by atoms with Gasteiger partial charge in [-0.15, -0.1) is 11.6 Å². The van der Waals surface area contributed by atoms with Crippen LogP contribution in [0.3, 0.4) is 0 Å². The summed E-state index contributed by atoms with van der Waals surface area (Å²) in [6, 6.07) is 10.5. The molecule has 6 heteroatoms. The number of fused-ring (bicyclic) bond motifs is 1. The number of benzene rings is 2. The zero-order valence-corrected chi connectivity index (χ0v) is 14.0. The highest BCUT2D eigenvalue weighted by Crippen LogP contribution is 2.31. The van der Waals surface area contributed by atoms with E-state index in [9.17, 15) is 4.39 Å². The Morgan fingerprint density at radius 1 is 1.29 bits per heavy atom. The molecule has 0 saturated heterocycles. The van der Waals surface area contributed by atoms with Gasteiger partial charge in [0.2, 0.25) is 0 Å². The third-order valence-corrected chi connectivity index (χ3v) is 4.18. The van der Waals surface area contributed by atoms with E-state index in [1.165, 1.54) is 6.07 Å². The molecule has 0 fully saturated rings. The zero-order valence-electron chi connectivity index (χ0n) is 10.9. The highest BCUT2D eigenvalue weighted by Gasteiger charge is 2.18. The van der Waals surface area contributed by atoms with Crippen LogP contribution in [0.4, 0.5) is 4.39 Å². The van der Waals surface area contributed by atoms with Crippen LogP contribution in [-0.2, 0) is 0 Å². The highest BCUT2D eigenvalue weighted by molar-refractivity contribution is 9.10. The van der Waals surface area contributed by atoms with Gasteiger partial charge < -0.3 is 0 Å². The predicted molar refractivity (Wildman–Crippen MR) is 88.0 cm³/mol. The number of hydrogen-bond donors (Lipinski definition) is 0. The SMILES string of the molecule is CC(Cl)c1nc2cc(F)c(Br)cc2n1-c1cccc(Cl)c1. The Morgan fingerprint density at radius 3 is 2.71 bits per heavy atom. The molecule has 0 spiro atoms. The summed E-state index contributed by atoms with van der Waals surface area (Å²) in [6.07, 6.45) is 0. The van der Waals surface area contributed by atoms with Crippen molar-refractivity contribution in [2.24, 2.45) is 0 Å². The van der Waals surface area contributed by atoms with Gasteiger partial charge >= 0.3 is 0 Å². The molecular formula is C15H10BrCl2FN2. The van der Waals surface area contributed by atoms with Gasteiger partial charge in [-0.1, -0.05) is 17.7 Å². The molecule has 0 amide bonds. The van der Waals surface area contributed by atoms with Gasteiger partial charge in [-0.05, 0) is 47.1 Å². The molecule has 21 heavy (non-hydrogen) atoms. The van der Waals surface area contributed by atoms with Gasteiger partial charge in [0.05, 0.1) is 20.9 Å². The first-order valence-corrected chi connectivity index (χ1v) is 7.85. The maximum absolute atomic E-state index is 13.7. The number of hydrogen-bond acceptors (Lipinski definition) is 1. The van der Waals surface area contributed by atoms with Crippen molar-refractivity contribution in [2.45, 2.75) is 12.3 Å². The Hall–Kier alpha value is -1.10. The average molecular weight is 388 g/mol. The predicted octanol–water partition coefficient (Wildman–Crippen LogP) is 5.88. The molecule has 108 valence electrons. The van der Waals surface area contributed by atoms with Gasteiger partial charge in [-0.25, -0.2) is 9.37 Å². The van der Waals surface area contributed by atoms with Crippen molar-refractivity contribution in [1.82, 2.24) is 9.55 Å². The standard InChI is InChI=1S/C15H10BrCl2FN2/c1-8(17)15-20-13-7-12(19)11(16)6-14(13)21(15)10-4-2-3-9(18)5-10/h2-8H,1H3. The second-order valence-corrected chi connectivity index (χ2v) is 6.60. The van der Waals surface area contributed by atoms with Crippen LogP contribution < -0.4 is 0 Å². The average Bonchev–Trinajstić information content (AvgIpc) is 2.78. The Balaban J connectivity index is 2.38. The molecule has 0 saturated carbocycles. The van der Waals surface area contributed by atoms with E-state index in [1.54, 1.807) is 12.1 Å². The van der Waals surface area contributed by atoms with Gasteiger partial charge in [0.15, 0.2) is 0 Å². The van der Waals surface area contributed by atoms with Gasteiger partial charge in [0.25, 0.3) is 0 Å². The summed E-state index contributed by atoms with van der Waals surface area (Å²) in [4.78, 5) is 4.45. The number of alkyl halides is 1. The molecule has 0 radical (unpaired) electrons. The lowest BCUT2D eigenvalue weighted by Gasteiger charge is -2.11. The van der Waals surface area contributed by atoms with E-state index in [4.69, 9.17) is 23.2 Å². The Morgan fingerprint density at radius 2 is 2.05 bits per heavy atom. The maximum Gasteiger partial charge on any atom is 0.139 e. The fraction of sp³-hybridized carbons (Fsp3) is 0.133. The first-order valence-electron chi connectivity index (χ1n) is 6.25. The summed E-state index contributed by atoms with van der Waals surface area (Å²) in [5, 5.41) is 0.293. The number of rotatable bonds is 2. The Bertz CT molecular complexity index is 830. The number of aromatic nitrogens is 2. The molecule has 3 rings (SSSR count). The maximum atomic E-state index is 13.7. The van der Waals surface area contributed by atoms with Crippen molar-refractivity contribution in [3.05, 3.63) is 57.5 Å². The van der Waals surface area contributed by atoms with Crippen LogP contribution in [0.5, 0.6) is 0 Å². The van der Waals surface area contributed by atoms with Crippen LogP contribution in [0.25, 0.3) is 16.7 Å². The van der Waals surface area contributed by atoms with Crippen LogP contribution >= 0.6 is 39.1 Å². The van der Waals surface area contributed by atoms with E-state index in [0.717, 1.165) is 11.2 Å². The topological polar surface area (TPSA) is 17.8 Å². The fourth-order valence-corrected chi connectivity index (χ4v) is 2.91. The van der Waals surface area contributed by atoms with Crippen molar-refractivity contribution in [2.75, 3.05) is 0 Å². The van der Waals surface area contributed by atoms with Crippen molar-refractivity contribution < 1.29 is 4.39 Å². The van der Waals surface area contributed by atoms with Crippen molar-refractivity contribution >= 4 is 50.2 Å². The molecule has 1 aromatic heterocycles. The molecule has 0 bridgehead atoms. The zero-order chi connectivity index (χ0) is 15.1. The quantitative estimate of drug-likeness (QED) is 0.502. The lowest BCUT2D eigenvalue weighted by molar-refractivity contribution is 0.623. The normalized spacial score (nSPS) is 12.8. The molecular weight excluding hydrogens is 378 g/mol. The third-order valence-electron chi connectivity index (χ3n) is 3.14. The molecule has 1 atom stereocenters. The van der Waals surface area contributed by atoms with E-state index in [2.05, 4.69) is 20.9 Å². The molecule has 3 aromatic rings. The largest absolute Gasteiger partial charge is 0.295 e. The minimum Gasteiger partial charge on any atom is -0.295 e. The minimum atomic E-state index is -0.355. The number of nitrogens with zero attached hydrogens (tertiary/aromatic N) is 2. The molecule has 0 aliphatic heterocycles. The van der Waals surface area contributed by atoms with Crippen molar-refractivity contribution in [3.8, 4) is 5.69 Å². The van der Waals surface area contributed by atoms with Crippen molar-refractivity contribution in [1.29, 1.82) is 0 Å². The summed E-state index contributed by atoms with van der Waals surface area (Å²) in [5.41, 5.74) is 2.16. The van der Waals surface area contributed by atoms with E-state index in [-0.39, 0.29) is 11.2 Å². The van der Waals surface area contributed by atoms with Crippen LogP contribution in [0.15, 0.2) is 40.9 Å². The summed E-state index contributed by atoms with van der Waals surface area (Å²) >= 11 is 15.5. The summed E-state index contributed by atoms with van der Waals surface area (Å²) < 4.78 is 16.0. The molecule has 0 N–H and O–H groups in total. The van der Waals surface area contributed by atoms with E-state index in [0.29, 0.717) is 20.8 Å². The molecule has 0 aliphatic carbocycles. The van der Waals surface area contributed by atoms with Gasteiger partial charge in [-0.2, -0.15) is 0 Å². The van der Waals surface area contributed by atoms with Crippen molar-refractivity contribution in [3.63, 3.8) is 0 Å². The highest BCUT2D eigenvalue weighted by atomic mass is 79.9. The molecule has 2 nitrogen and oxygen atoms in total. The monoisotopic (exact) mass is 386 g/mol. The summed E-state index contributed by atoms with van der Waals surface area (Å²) in [6.45, 7) is 1.83. The molecule has 0 aliphatic rings. The van der Waals surface area contributed by atoms with E-state index < -0.39 is 0 Å². The van der Waals surface area contributed by atoms with Crippen LogP contribution in [0.1, 0.15) is 18.1 Å². The minimum absolute atomic E-state index is 0.321. The number of halogens is 4. The van der Waals surface area contributed by atoms with Crippen LogP contribution in [0.2, 0.25) is 5.02 Å². The third kappa shape index (κ3) is 2.68. The second kappa shape index (κ2) is 5.59. The molecule has 1 unspecified atom stereocenters. The van der Waals surface area contributed by atoms with Gasteiger partial charge in [0.1, 0.15) is 11.6 Å². The fourth-order valence-electron chi connectivity index (χ4n) is 2.24. The van der Waals surface area contributed by atoms with Gasteiger partial charge in [-0.3, -0.25) is 4.57 Å². The second-order valence-electron chi connectivity index (χ2n) is 4.66. The lowest BCUT2D eigenvalue weighted by Crippen LogP contribution is -2.01. The lowest BCUT2D eigenvalue weighted by atomic mass is 10.2. The number of imidazole rings is 1. The van der Waals surface area contributed by atoms with Crippen LogP contribution in [0, 0.1) is 5.82 Å². The Labute approximate surface area is 139 Å². The van der Waals surface area contributed by atoms with E-state index >= 15 is 0 Å². The summed E-state index contributed by atoms with van der Waals surface area (Å²) in [5.74, 6) is 0.290. The van der Waals surface area contributed by atoms with E-state index in [1.807, 2.05) is 29.7 Å². The van der Waals surface area contributed by atoms with Gasteiger partial charge in [0, 0.05) is 16.8 Å². The smallest absolute Gasteiger partial charge is 0.139 e.